The molecule has 1 aromatic carbocycles. The molecule has 0 atom stereocenters. The van der Waals surface area contributed by atoms with Crippen molar-refractivity contribution in [1.82, 2.24) is 9.97 Å². The van der Waals surface area contributed by atoms with Gasteiger partial charge in [0.1, 0.15) is 0 Å². The summed E-state index contributed by atoms with van der Waals surface area (Å²) in [7, 11) is 0. The highest BCUT2D eigenvalue weighted by Crippen LogP contribution is 2.28. The van der Waals surface area contributed by atoms with E-state index in [2.05, 4.69) is 9.97 Å². The SMILES string of the molecule is CC(C)(CSc1nc2ccc(N)cc2[nH]1)C(=O)O. The second-order valence-corrected chi connectivity index (χ2v) is 5.76. The number of carboxylic acids is 1. The third-order valence-electron chi connectivity index (χ3n) is 2.63. The maximum absolute atomic E-state index is 11.0. The zero-order valence-electron chi connectivity index (χ0n) is 10.2. The summed E-state index contributed by atoms with van der Waals surface area (Å²) in [5.41, 5.74) is 7.28. The van der Waals surface area contributed by atoms with E-state index in [1.54, 1.807) is 19.9 Å². The van der Waals surface area contributed by atoms with Crippen molar-refractivity contribution in [1.29, 1.82) is 0 Å². The summed E-state index contributed by atoms with van der Waals surface area (Å²) in [5.74, 6) is -0.354. The molecule has 4 N–H and O–H groups in total. The lowest BCUT2D eigenvalue weighted by Gasteiger charge is -2.16. The number of fused-ring (bicyclic) bond motifs is 1. The number of hydrogen-bond donors (Lipinski definition) is 3. The Kier molecular flexibility index (Phi) is 3.21. The first-order valence-corrected chi connectivity index (χ1v) is 6.48. The zero-order chi connectivity index (χ0) is 13.3. The van der Waals surface area contributed by atoms with Crippen LogP contribution < -0.4 is 5.73 Å². The third kappa shape index (κ3) is 2.59. The quantitative estimate of drug-likeness (QED) is 0.583. The van der Waals surface area contributed by atoms with Crippen LogP contribution in [0.2, 0.25) is 0 Å². The molecule has 1 aromatic heterocycles. The molecule has 0 unspecified atom stereocenters. The number of nitrogens with zero attached hydrogens (tertiary/aromatic N) is 1. The number of nitrogens with one attached hydrogen (secondary N) is 1. The molecule has 0 saturated carbocycles. The number of thioether (sulfide) groups is 1. The first kappa shape index (κ1) is 12.8. The first-order chi connectivity index (χ1) is 8.38. The molecule has 0 radical (unpaired) electrons. The summed E-state index contributed by atoms with van der Waals surface area (Å²) in [6.45, 7) is 3.39. The van der Waals surface area contributed by atoms with Crippen LogP contribution in [-0.2, 0) is 4.79 Å². The number of aromatic amines is 1. The smallest absolute Gasteiger partial charge is 0.309 e. The lowest BCUT2D eigenvalue weighted by Crippen LogP contribution is -2.26. The number of imidazole rings is 1. The number of anilines is 1. The normalized spacial score (nSPS) is 11.9. The molecule has 0 aliphatic rings. The van der Waals surface area contributed by atoms with Crippen molar-refractivity contribution in [2.45, 2.75) is 19.0 Å². The summed E-state index contributed by atoms with van der Waals surface area (Å²) in [6.07, 6.45) is 0. The monoisotopic (exact) mass is 265 g/mol. The standard InChI is InChI=1S/C12H15N3O2S/c1-12(2,10(16)17)6-18-11-14-8-4-3-7(13)5-9(8)15-11/h3-5H,6,13H2,1-2H3,(H,14,15)(H,16,17). The van der Waals surface area contributed by atoms with Gasteiger partial charge in [-0.3, -0.25) is 4.79 Å². The molecule has 0 fully saturated rings. The molecule has 0 amide bonds. The number of nitrogen functional groups attached to an aromatic ring is 1. The predicted octanol–water partition coefficient (Wildman–Crippen LogP) is 2.35. The van der Waals surface area contributed by atoms with Gasteiger partial charge in [-0.2, -0.15) is 0 Å². The second-order valence-electron chi connectivity index (χ2n) is 4.80. The summed E-state index contributed by atoms with van der Waals surface area (Å²) in [6, 6.07) is 5.45. The van der Waals surface area contributed by atoms with E-state index in [0.717, 1.165) is 11.0 Å². The van der Waals surface area contributed by atoms with E-state index in [9.17, 15) is 4.79 Å². The molecule has 0 aliphatic carbocycles. The molecule has 6 heteroatoms. The van der Waals surface area contributed by atoms with Gasteiger partial charge in [0.2, 0.25) is 0 Å². The van der Waals surface area contributed by atoms with Gasteiger partial charge in [-0.15, -0.1) is 0 Å². The Bertz CT molecular complexity index is 592. The van der Waals surface area contributed by atoms with E-state index in [4.69, 9.17) is 10.8 Å². The van der Waals surface area contributed by atoms with Crippen LogP contribution in [-0.4, -0.2) is 26.8 Å². The summed E-state index contributed by atoms with van der Waals surface area (Å²) in [5, 5.41) is 9.75. The van der Waals surface area contributed by atoms with Gasteiger partial charge in [0.15, 0.2) is 5.16 Å². The van der Waals surface area contributed by atoms with E-state index in [1.165, 1.54) is 11.8 Å². The molecule has 0 bridgehead atoms. The molecular weight excluding hydrogens is 250 g/mol. The van der Waals surface area contributed by atoms with E-state index in [1.807, 2.05) is 12.1 Å². The van der Waals surface area contributed by atoms with Crippen LogP contribution in [0.25, 0.3) is 11.0 Å². The van der Waals surface area contributed by atoms with Crippen molar-refractivity contribution in [2.24, 2.45) is 5.41 Å². The zero-order valence-corrected chi connectivity index (χ0v) is 11.0. The molecule has 5 nitrogen and oxygen atoms in total. The van der Waals surface area contributed by atoms with Crippen molar-refractivity contribution < 1.29 is 9.90 Å². The Balaban J connectivity index is 2.15. The van der Waals surface area contributed by atoms with Gasteiger partial charge in [-0.25, -0.2) is 4.98 Å². The number of hydrogen-bond acceptors (Lipinski definition) is 4. The van der Waals surface area contributed by atoms with Gasteiger partial charge in [0.05, 0.1) is 16.4 Å². The van der Waals surface area contributed by atoms with Crippen LogP contribution in [0.3, 0.4) is 0 Å². The largest absolute Gasteiger partial charge is 0.481 e. The highest BCUT2D eigenvalue weighted by molar-refractivity contribution is 7.99. The molecule has 0 spiro atoms. The van der Waals surface area contributed by atoms with Crippen molar-refractivity contribution in [3.8, 4) is 0 Å². The average molecular weight is 265 g/mol. The Labute approximate surface area is 109 Å². The van der Waals surface area contributed by atoms with Gasteiger partial charge in [0.25, 0.3) is 0 Å². The minimum absolute atomic E-state index is 0.456. The van der Waals surface area contributed by atoms with Crippen molar-refractivity contribution in [3.05, 3.63) is 18.2 Å². The summed E-state index contributed by atoms with van der Waals surface area (Å²) >= 11 is 1.40. The number of aromatic nitrogens is 2. The van der Waals surface area contributed by atoms with Crippen LogP contribution in [0.4, 0.5) is 5.69 Å². The van der Waals surface area contributed by atoms with Crippen molar-refractivity contribution in [2.75, 3.05) is 11.5 Å². The average Bonchev–Trinajstić information content (AvgIpc) is 2.68. The Hall–Kier alpha value is -1.69. The minimum Gasteiger partial charge on any atom is -0.481 e. The van der Waals surface area contributed by atoms with Gasteiger partial charge < -0.3 is 15.8 Å². The number of aliphatic carboxylic acids is 1. The van der Waals surface area contributed by atoms with Crippen LogP contribution >= 0.6 is 11.8 Å². The summed E-state index contributed by atoms with van der Waals surface area (Å²) < 4.78 is 0. The van der Waals surface area contributed by atoms with Crippen LogP contribution in [0, 0.1) is 5.41 Å². The fourth-order valence-corrected chi connectivity index (χ4v) is 2.35. The molecular formula is C12H15N3O2S. The topological polar surface area (TPSA) is 92.0 Å². The van der Waals surface area contributed by atoms with Gasteiger partial charge in [0, 0.05) is 11.4 Å². The molecule has 2 rings (SSSR count). The number of H-pyrrole nitrogens is 1. The van der Waals surface area contributed by atoms with E-state index in [0.29, 0.717) is 16.6 Å². The number of nitrogens with two attached hydrogens (primary N) is 1. The molecule has 18 heavy (non-hydrogen) atoms. The number of carboxylic acid groups (broad SMARTS) is 1. The van der Waals surface area contributed by atoms with Crippen molar-refractivity contribution >= 4 is 34.5 Å². The Morgan fingerprint density at radius 2 is 2.28 bits per heavy atom. The fraction of sp³-hybridized carbons (Fsp3) is 0.333. The van der Waals surface area contributed by atoms with E-state index >= 15 is 0 Å². The van der Waals surface area contributed by atoms with Gasteiger partial charge in [-0.05, 0) is 32.0 Å². The molecule has 0 saturated heterocycles. The number of benzene rings is 1. The van der Waals surface area contributed by atoms with Crippen LogP contribution in [0.5, 0.6) is 0 Å². The second kappa shape index (κ2) is 4.53. The maximum Gasteiger partial charge on any atom is 0.309 e. The van der Waals surface area contributed by atoms with Gasteiger partial charge >= 0.3 is 5.97 Å². The minimum atomic E-state index is -0.810. The highest BCUT2D eigenvalue weighted by Gasteiger charge is 2.27. The molecule has 96 valence electrons. The lowest BCUT2D eigenvalue weighted by molar-refractivity contribution is -0.145. The number of carbonyl (C=O) groups is 1. The van der Waals surface area contributed by atoms with Gasteiger partial charge in [-0.1, -0.05) is 11.8 Å². The van der Waals surface area contributed by atoms with E-state index < -0.39 is 11.4 Å². The third-order valence-corrected chi connectivity index (χ3v) is 3.97. The van der Waals surface area contributed by atoms with E-state index in [-0.39, 0.29) is 0 Å². The van der Waals surface area contributed by atoms with Crippen LogP contribution in [0.1, 0.15) is 13.8 Å². The predicted molar refractivity (Wildman–Crippen MR) is 72.6 cm³/mol. The maximum atomic E-state index is 11.0. The highest BCUT2D eigenvalue weighted by atomic mass is 32.2. The summed E-state index contributed by atoms with van der Waals surface area (Å²) in [4.78, 5) is 18.5. The lowest BCUT2D eigenvalue weighted by atomic mass is 9.97. The molecule has 0 aliphatic heterocycles. The number of rotatable bonds is 4. The van der Waals surface area contributed by atoms with Crippen molar-refractivity contribution in [3.63, 3.8) is 0 Å². The van der Waals surface area contributed by atoms with Crippen LogP contribution in [0.15, 0.2) is 23.4 Å². The molecule has 1 heterocycles. The fourth-order valence-electron chi connectivity index (χ4n) is 1.38. The Morgan fingerprint density at radius 1 is 1.56 bits per heavy atom. The molecule has 2 aromatic rings. The Morgan fingerprint density at radius 3 is 2.94 bits per heavy atom. The first-order valence-electron chi connectivity index (χ1n) is 5.50.